The Morgan fingerprint density at radius 2 is 2.14 bits per heavy atom. The summed E-state index contributed by atoms with van der Waals surface area (Å²) in [4.78, 5) is 8.28. The molecule has 0 spiro atoms. The zero-order chi connectivity index (χ0) is 15.0. The van der Waals surface area contributed by atoms with Crippen LogP contribution in [0.5, 0.6) is 6.01 Å². The highest BCUT2D eigenvalue weighted by Crippen LogP contribution is 2.36. The van der Waals surface area contributed by atoms with E-state index in [2.05, 4.69) is 30.6 Å². The van der Waals surface area contributed by atoms with Crippen molar-refractivity contribution in [3.8, 4) is 17.4 Å². The molecule has 0 amide bonds. The van der Waals surface area contributed by atoms with Crippen molar-refractivity contribution in [2.24, 2.45) is 0 Å². The quantitative estimate of drug-likeness (QED) is 0.766. The molecule has 21 heavy (non-hydrogen) atoms. The summed E-state index contributed by atoms with van der Waals surface area (Å²) in [5.41, 5.74) is 1.59. The van der Waals surface area contributed by atoms with Gasteiger partial charge in [-0.3, -0.25) is 4.57 Å². The Kier molecular flexibility index (Phi) is 3.46. The topological polar surface area (TPSA) is 105 Å². The van der Waals surface area contributed by atoms with Crippen molar-refractivity contribution in [1.29, 1.82) is 0 Å². The molecule has 0 radical (unpaired) electrons. The van der Waals surface area contributed by atoms with E-state index in [0.29, 0.717) is 27.6 Å². The number of fused-ring (bicyclic) bond motifs is 1. The Labute approximate surface area is 125 Å². The van der Waals surface area contributed by atoms with E-state index in [4.69, 9.17) is 11.6 Å². The maximum atomic E-state index is 10.2. The molecule has 2 N–H and O–H groups in total. The Morgan fingerprint density at radius 3 is 2.76 bits per heavy atom. The number of rotatable bonds is 4. The van der Waals surface area contributed by atoms with Crippen LogP contribution in [-0.2, 0) is 0 Å². The first-order chi connectivity index (χ1) is 10.2. The van der Waals surface area contributed by atoms with E-state index >= 15 is 0 Å². The first kappa shape index (κ1) is 13.7. The SMILES string of the molecule is CCC(CC)n1c(O)nc2ncc(Cl)c(-c3nn[nH]n3)c21. The Morgan fingerprint density at radius 1 is 1.38 bits per heavy atom. The van der Waals surface area contributed by atoms with Gasteiger partial charge in [0.25, 0.3) is 6.01 Å². The van der Waals surface area contributed by atoms with Crippen LogP contribution in [0.3, 0.4) is 0 Å². The molecule has 110 valence electrons. The van der Waals surface area contributed by atoms with Crippen LogP contribution in [0.2, 0.25) is 5.02 Å². The summed E-state index contributed by atoms with van der Waals surface area (Å²) >= 11 is 6.26. The lowest BCUT2D eigenvalue weighted by Crippen LogP contribution is -2.07. The number of tetrazole rings is 1. The summed E-state index contributed by atoms with van der Waals surface area (Å²) in [7, 11) is 0. The van der Waals surface area contributed by atoms with Crippen LogP contribution in [0.4, 0.5) is 0 Å². The summed E-state index contributed by atoms with van der Waals surface area (Å²) in [6, 6.07) is -0.000806. The van der Waals surface area contributed by atoms with Gasteiger partial charge >= 0.3 is 0 Å². The van der Waals surface area contributed by atoms with Gasteiger partial charge in [0.2, 0.25) is 5.82 Å². The number of nitrogens with zero attached hydrogens (tertiary/aromatic N) is 6. The third-order valence-electron chi connectivity index (χ3n) is 3.53. The molecule has 0 atom stereocenters. The predicted molar refractivity (Wildman–Crippen MR) is 77.0 cm³/mol. The molecule has 0 bridgehead atoms. The van der Waals surface area contributed by atoms with Crippen molar-refractivity contribution >= 4 is 22.8 Å². The maximum Gasteiger partial charge on any atom is 0.296 e. The number of hydrogen-bond acceptors (Lipinski definition) is 6. The molecule has 3 rings (SSSR count). The number of hydrogen-bond donors (Lipinski definition) is 2. The van der Waals surface area contributed by atoms with Gasteiger partial charge in [-0.15, -0.1) is 10.2 Å². The molecule has 0 aliphatic carbocycles. The lowest BCUT2D eigenvalue weighted by atomic mass is 10.1. The highest BCUT2D eigenvalue weighted by Gasteiger charge is 2.24. The minimum absolute atomic E-state index is 0.0842. The summed E-state index contributed by atoms with van der Waals surface area (Å²) in [5, 5.41) is 24.5. The normalized spacial score (nSPS) is 11.6. The van der Waals surface area contributed by atoms with E-state index in [-0.39, 0.29) is 12.1 Å². The van der Waals surface area contributed by atoms with Gasteiger partial charge < -0.3 is 5.11 Å². The van der Waals surface area contributed by atoms with Gasteiger partial charge in [0.05, 0.1) is 10.6 Å². The van der Waals surface area contributed by atoms with Crippen LogP contribution in [0, 0.1) is 0 Å². The summed E-state index contributed by atoms with van der Waals surface area (Å²) in [5.74, 6) is 0.347. The van der Waals surface area contributed by atoms with Crippen LogP contribution in [0.25, 0.3) is 22.6 Å². The van der Waals surface area contributed by atoms with Crippen molar-refractivity contribution in [3.63, 3.8) is 0 Å². The number of aromatic amines is 1. The van der Waals surface area contributed by atoms with Gasteiger partial charge in [0.1, 0.15) is 5.52 Å². The van der Waals surface area contributed by atoms with Crippen LogP contribution in [0.15, 0.2) is 6.20 Å². The second-order valence-corrected chi connectivity index (χ2v) is 5.05. The lowest BCUT2D eigenvalue weighted by Gasteiger charge is -2.17. The largest absolute Gasteiger partial charge is 0.480 e. The first-order valence-corrected chi connectivity index (χ1v) is 7.04. The smallest absolute Gasteiger partial charge is 0.296 e. The molecule has 0 aromatic carbocycles. The molecule has 3 aromatic heterocycles. The van der Waals surface area contributed by atoms with Crippen molar-refractivity contribution in [2.45, 2.75) is 32.7 Å². The molecular weight excluding hydrogens is 294 g/mol. The average molecular weight is 308 g/mol. The minimum atomic E-state index is -0.0850. The summed E-state index contributed by atoms with van der Waals surface area (Å²) in [6.45, 7) is 4.09. The van der Waals surface area contributed by atoms with Crippen LogP contribution >= 0.6 is 11.6 Å². The van der Waals surface area contributed by atoms with Gasteiger partial charge in [0, 0.05) is 12.2 Å². The van der Waals surface area contributed by atoms with Gasteiger partial charge in [-0.05, 0) is 18.1 Å². The second-order valence-electron chi connectivity index (χ2n) is 4.64. The number of aromatic nitrogens is 7. The highest BCUT2D eigenvalue weighted by molar-refractivity contribution is 6.34. The molecular formula is C12H14ClN7O. The average Bonchev–Trinajstić information content (AvgIpc) is 3.09. The van der Waals surface area contributed by atoms with Crippen molar-refractivity contribution in [3.05, 3.63) is 11.2 Å². The van der Waals surface area contributed by atoms with Crippen LogP contribution in [0.1, 0.15) is 32.7 Å². The van der Waals surface area contributed by atoms with Gasteiger partial charge in [-0.1, -0.05) is 25.4 Å². The van der Waals surface area contributed by atoms with Gasteiger partial charge in [-0.2, -0.15) is 10.2 Å². The Balaban J connectivity index is 2.38. The fraction of sp³-hybridized carbons (Fsp3) is 0.417. The van der Waals surface area contributed by atoms with Gasteiger partial charge in [-0.25, -0.2) is 4.98 Å². The molecule has 0 fully saturated rings. The minimum Gasteiger partial charge on any atom is -0.480 e. The zero-order valence-corrected chi connectivity index (χ0v) is 12.3. The molecule has 3 aromatic rings. The standard InChI is InChI=1S/C12H14ClN7O/c1-3-6(4-2)20-9-8(10-16-18-19-17-10)7(13)5-14-11(9)15-12(20)21/h5-6H,3-4H2,1-2H3,(H,14,15,21)(H,16,17,18,19). The van der Waals surface area contributed by atoms with Crippen molar-refractivity contribution < 1.29 is 5.11 Å². The molecule has 0 saturated carbocycles. The second kappa shape index (κ2) is 5.28. The maximum absolute atomic E-state index is 10.2. The Hall–Kier alpha value is -2.22. The fourth-order valence-corrected chi connectivity index (χ4v) is 2.73. The first-order valence-electron chi connectivity index (χ1n) is 6.66. The molecule has 0 aliphatic rings. The molecule has 3 heterocycles. The summed E-state index contributed by atoms with van der Waals surface area (Å²) < 4.78 is 1.74. The highest BCUT2D eigenvalue weighted by atomic mass is 35.5. The predicted octanol–water partition coefficient (Wildman–Crippen LogP) is 2.33. The van der Waals surface area contributed by atoms with Crippen molar-refractivity contribution in [2.75, 3.05) is 0 Å². The fourth-order valence-electron chi connectivity index (χ4n) is 2.51. The molecule has 0 unspecified atom stereocenters. The van der Waals surface area contributed by atoms with E-state index in [1.165, 1.54) is 6.20 Å². The van der Waals surface area contributed by atoms with E-state index in [1.807, 2.05) is 13.8 Å². The molecule has 0 aliphatic heterocycles. The monoisotopic (exact) mass is 307 g/mol. The lowest BCUT2D eigenvalue weighted by molar-refractivity contribution is 0.362. The van der Waals surface area contributed by atoms with E-state index < -0.39 is 0 Å². The number of nitrogens with one attached hydrogen (secondary N) is 1. The van der Waals surface area contributed by atoms with Gasteiger partial charge in [0.15, 0.2) is 5.65 Å². The van der Waals surface area contributed by atoms with Crippen LogP contribution < -0.4 is 0 Å². The number of aromatic hydroxyl groups is 1. The van der Waals surface area contributed by atoms with Crippen LogP contribution in [-0.4, -0.2) is 40.3 Å². The molecule has 8 nitrogen and oxygen atoms in total. The third-order valence-corrected chi connectivity index (χ3v) is 3.81. The van der Waals surface area contributed by atoms with E-state index in [1.54, 1.807) is 4.57 Å². The summed E-state index contributed by atoms with van der Waals surface area (Å²) in [6.07, 6.45) is 3.15. The third kappa shape index (κ3) is 2.11. The van der Waals surface area contributed by atoms with Crippen molar-refractivity contribution in [1.82, 2.24) is 35.2 Å². The number of halogens is 1. The van der Waals surface area contributed by atoms with E-state index in [0.717, 1.165) is 12.8 Å². The zero-order valence-electron chi connectivity index (χ0n) is 11.6. The molecule has 9 heteroatoms. The molecule has 0 saturated heterocycles. The van der Waals surface area contributed by atoms with E-state index in [9.17, 15) is 5.11 Å². The number of imidazole rings is 1. The Bertz CT molecular complexity index is 764. The number of pyridine rings is 1. The number of H-pyrrole nitrogens is 1.